The van der Waals surface area contributed by atoms with Gasteiger partial charge in [-0.3, -0.25) is 4.79 Å². The molecule has 0 spiro atoms. The molecule has 0 fully saturated rings. The molecule has 27 heavy (non-hydrogen) atoms. The van der Waals surface area contributed by atoms with Gasteiger partial charge in [0.15, 0.2) is 0 Å². The molecule has 0 saturated carbocycles. The van der Waals surface area contributed by atoms with Gasteiger partial charge in [0.25, 0.3) is 0 Å². The van der Waals surface area contributed by atoms with Crippen molar-refractivity contribution in [1.82, 2.24) is 10.2 Å². The van der Waals surface area contributed by atoms with Gasteiger partial charge in [-0.25, -0.2) is 0 Å². The van der Waals surface area contributed by atoms with Crippen LogP contribution in [-0.4, -0.2) is 41.2 Å². The van der Waals surface area contributed by atoms with Crippen molar-refractivity contribution in [2.24, 2.45) is 0 Å². The highest BCUT2D eigenvalue weighted by molar-refractivity contribution is 5.76. The third kappa shape index (κ3) is 4.87. The fourth-order valence-corrected chi connectivity index (χ4v) is 3.76. The van der Waals surface area contributed by atoms with E-state index in [1.807, 2.05) is 50.5 Å². The molecule has 144 valence electrons. The second kappa shape index (κ2) is 8.55. The molecule has 0 radical (unpaired) electrons. The zero-order chi connectivity index (χ0) is 19.4. The average Bonchev–Trinajstić information content (AvgIpc) is 2.96. The summed E-state index contributed by atoms with van der Waals surface area (Å²) >= 11 is 0. The lowest BCUT2D eigenvalue weighted by Crippen LogP contribution is -2.33. The number of aliphatic hydroxyl groups excluding tert-OH is 1. The fraction of sp³-hybridized carbons (Fsp3) is 0.409. The number of nitrogens with zero attached hydrogens (tertiary/aromatic N) is 1. The molecular formula is C22H28N2O3. The first kappa shape index (κ1) is 19.4. The maximum atomic E-state index is 12.5. The van der Waals surface area contributed by atoms with Crippen LogP contribution < -0.4 is 5.32 Å². The Morgan fingerprint density at radius 3 is 2.48 bits per heavy atom. The second-order valence-electron chi connectivity index (χ2n) is 7.53. The van der Waals surface area contributed by atoms with E-state index in [2.05, 4.69) is 10.2 Å². The molecule has 3 N–H and O–H groups in total. The Morgan fingerprint density at radius 1 is 1.15 bits per heavy atom. The number of hydrogen-bond acceptors (Lipinski definition) is 4. The third-order valence-corrected chi connectivity index (χ3v) is 5.37. The molecule has 1 aliphatic carbocycles. The number of fused-ring (bicyclic) bond motifs is 1. The zero-order valence-corrected chi connectivity index (χ0v) is 15.9. The normalized spacial score (nSPS) is 19.7. The average molecular weight is 368 g/mol. The Morgan fingerprint density at radius 2 is 1.81 bits per heavy atom. The number of nitrogens with one attached hydrogen (secondary N) is 1. The summed E-state index contributed by atoms with van der Waals surface area (Å²) in [6.45, 7) is 0. The number of benzene rings is 2. The maximum Gasteiger partial charge on any atom is 0.220 e. The van der Waals surface area contributed by atoms with Crippen molar-refractivity contribution >= 4 is 5.91 Å². The number of amides is 1. The number of likely N-dealkylation sites (N-methyl/N-ethyl adjacent to an activating group) is 1. The lowest BCUT2D eigenvalue weighted by molar-refractivity contribution is -0.122. The summed E-state index contributed by atoms with van der Waals surface area (Å²) in [6, 6.07) is 15.1. The Labute approximate surface area is 160 Å². The SMILES string of the molecule is CN(C)[C@H](CCC(=O)N[C@H]1CC(O)c2ccccc21)Cc1ccc(O)cc1. The van der Waals surface area contributed by atoms with Crippen LogP contribution in [0.4, 0.5) is 0 Å². The van der Waals surface area contributed by atoms with Crippen LogP contribution in [-0.2, 0) is 11.2 Å². The van der Waals surface area contributed by atoms with Gasteiger partial charge < -0.3 is 20.4 Å². The van der Waals surface area contributed by atoms with E-state index in [0.29, 0.717) is 12.8 Å². The number of carbonyl (C=O) groups is 1. The molecule has 3 atom stereocenters. The number of aromatic hydroxyl groups is 1. The molecular weight excluding hydrogens is 340 g/mol. The van der Waals surface area contributed by atoms with Crippen LogP contribution in [0.25, 0.3) is 0 Å². The van der Waals surface area contributed by atoms with E-state index in [9.17, 15) is 15.0 Å². The van der Waals surface area contributed by atoms with E-state index in [1.54, 1.807) is 12.1 Å². The van der Waals surface area contributed by atoms with Gasteiger partial charge in [-0.15, -0.1) is 0 Å². The first-order valence-corrected chi connectivity index (χ1v) is 9.44. The first-order valence-electron chi connectivity index (χ1n) is 9.44. The summed E-state index contributed by atoms with van der Waals surface area (Å²) in [5, 5.41) is 22.7. The molecule has 5 heteroatoms. The van der Waals surface area contributed by atoms with Crippen LogP contribution in [0.1, 0.15) is 48.1 Å². The predicted molar refractivity (Wildman–Crippen MR) is 105 cm³/mol. The molecule has 0 aliphatic heterocycles. The van der Waals surface area contributed by atoms with Crippen LogP contribution in [0, 0.1) is 0 Å². The van der Waals surface area contributed by atoms with Crippen LogP contribution in [0.5, 0.6) is 5.75 Å². The molecule has 3 rings (SSSR count). The quantitative estimate of drug-likeness (QED) is 0.703. The van der Waals surface area contributed by atoms with Crippen molar-refractivity contribution < 1.29 is 15.0 Å². The van der Waals surface area contributed by atoms with Crippen LogP contribution in [0.3, 0.4) is 0 Å². The Balaban J connectivity index is 1.55. The molecule has 1 amide bonds. The summed E-state index contributed by atoms with van der Waals surface area (Å²) in [5.41, 5.74) is 3.08. The largest absolute Gasteiger partial charge is 0.508 e. The first-order chi connectivity index (χ1) is 12.9. The van der Waals surface area contributed by atoms with Gasteiger partial charge in [-0.1, -0.05) is 36.4 Å². The van der Waals surface area contributed by atoms with Crippen molar-refractivity contribution in [3.05, 3.63) is 65.2 Å². The smallest absolute Gasteiger partial charge is 0.220 e. The van der Waals surface area contributed by atoms with E-state index < -0.39 is 6.10 Å². The van der Waals surface area contributed by atoms with E-state index in [4.69, 9.17) is 0 Å². The van der Waals surface area contributed by atoms with Gasteiger partial charge in [0.05, 0.1) is 12.1 Å². The Bertz CT molecular complexity index is 773. The Hall–Kier alpha value is -2.37. The van der Waals surface area contributed by atoms with Crippen molar-refractivity contribution in [3.8, 4) is 5.75 Å². The second-order valence-corrected chi connectivity index (χ2v) is 7.53. The maximum absolute atomic E-state index is 12.5. The van der Waals surface area contributed by atoms with E-state index in [-0.39, 0.29) is 23.7 Å². The number of aliphatic hydroxyl groups is 1. The van der Waals surface area contributed by atoms with Crippen molar-refractivity contribution in [2.45, 2.75) is 43.9 Å². The van der Waals surface area contributed by atoms with Crippen LogP contribution in [0.2, 0.25) is 0 Å². The van der Waals surface area contributed by atoms with Crippen molar-refractivity contribution in [1.29, 1.82) is 0 Å². The molecule has 0 aromatic heterocycles. The van der Waals surface area contributed by atoms with Gasteiger partial charge in [0, 0.05) is 18.9 Å². The number of phenols is 1. The minimum Gasteiger partial charge on any atom is -0.508 e. The molecule has 2 aromatic carbocycles. The number of phenolic OH excluding ortho intramolecular Hbond substituents is 1. The molecule has 0 heterocycles. The standard InChI is InChI=1S/C22H28N2O3/c1-24(2)16(13-15-7-10-17(25)11-8-15)9-12-22(27)23-20-14-21(26)19-6-4-3-5-18(19)20/h3-8,10-11,16,20-21,25-26H,9,12-14H2,1-2H3,(H,23,27)/t16-,20+,21?/m1/s1. The summed E-state index contributed by atoms with van der Waals surface area (Å²) in [7, 11) is 4.04. The highest BCUT2D eigenvalue weighted by Gasteiger charge is 2.30. The van der Waals surface area contributed by atoms with Crippen molar-refractivity contribution in [3.63, 3.8) is 0 Å². The van der Waals surface area contributed by atoms with E-state index >= 15 is 0 Å². The highest BCUT2D eigenvalue weighted by Crippen LogP contribution is 2.38. The lowest BCUT2D eigenvalue weighted by Gasteiger charge is -2.24. The Kier molecular flexibility index (Phi) is 6.14. The molecule has 1 unspecified atom stereocenters. The summed E-state index contributed by atoms with van der Waals surface area (Å²) in [5.74, 6) is 0.278. The van der Waals surface area contributed by atoms with Crippen LogP contribution >= 0.6 is 0 Å². The number of rotatable bonds is 7. The van der Waals surface area contributed by atoms with Gasteiger partial charge in [0.2, 0.25) is 5.91 Å². The molecule has 0 saturated heterocycles. The number of carbonyl (C=O) groups excluding carboxylic acids is 1. The molecule has 2 aromatic rings. The van der Waals surface area contributed by atoms with Gasteiger partial charge >= 0.3 is 0 Å². The van der Waals surface area contributed by atoms with Gasteiger partial charge in [-0.05, 0) is 55.8 Å². The summed E-state index contributed by atoms with van der Waals surface area (Å²) in [6.07, 6.45) is 2.05. The van der Waals surface area contributed by atoms with Gasteiger partial charge in [-0.2, -0.15) is 0 Å². The highest BCUT2D eigenvalue weighted by atomic mass is 16.3. The summed E-state index contributed by atoms with van der Waals surface area (Å²) < 4.78 is 0. The molecule has 0 bridgehead atoms. The minimum atomic E-state index is -0.504. The number of hydrogen-bond donors (Lipinski definition) is 3. The summed E-state index contributed by atoms with van der Waals surface area (Å²) in [4.78, 5) is 14.6. The third-order valence-electron chi connectivity index (χ3n) is 5.37. The minimum absolute atomic E-state index is 0.0152. The van der Waals surface area contributed by atoms with Crippen molar-refractivity contribution in [2.75, 3.05) is 14.1 Å². The van der Waals surface area contributed by atoms with E-state index in [1.165, 1.54) is 0 Å². The molecule has 1 aliphatic rings. The van der Waals surface area contributed by atoms with E-state index in [0.717, 1.165) is 29.5 Å². The monoisotopic (exact) mass is 368 g/mol. The predicted octanol–water partition coefficient (Wildman–Crippen LogP) is 2.94. The zero-order valence-electron chi connectivity index (χ0n) is 15.9. The lowest BCUT2D eigenvalue weighted by atomic mass is 10.0. The van der Waals surface area contributed by atoms with Crippen LogP contribution in [0.15, 0.2) is 48.5 Å². The van der Waals surface area contributed by atoms with Gasteiger partial charge in [0.1, 0.15) is 5.75 Å². The fourth-order valence-electron chi connectivity index (χ4n) is 3.76. The topological polar surface area (TPSA) is 72.8 Å². The molecule has 5 nitrogen and oxygen atoms in total.